The van der Waals surface area contributed by atoms with Gasteiger partial charge in [0.05, 0.1) is 13.2 Å². The van der Waals surface area contributed by atoms with E-state index >= 15 is 0 Å². The molecule has 0 amide bonds. The molecule has 1 aromatic rings. The molecule has 0 saturated carbocycles. The Balaban J connectivity index is 2.19. The van der Waals surface area contributed by atoms with Gasteiger partial charge in [0.2, 0.25) is 5.16 Å². The zero-order chi connectivity index (χ0) is 13.2. The number of tetrazole rings is 1. The number of aromatic nitrogens is 4. The van der Waals surface area contributed by atoms with E-state index in [9.17, 15) is 0 Å². The van der Waals surface area contributed by atoms with E-state index in [1.54, 1.807) is 11.8 Å². The number of thioether (sulfide) groups is 1. The normalized spacial score (nSPS) is 11.3. The van der Waals surface area contributed by atoms with Crippen LogP contribution in [0.5, 0.6) is 0 Å². The SMILES string of the molecule is CCNCCn1nnnc1SCCOCC(C)C. The highest BCUT2D eigenvalue weighted by Crippen LogP contribution is 2.12. The average molecular weight is 273 g/mol. The smallest absolute Gasteiger partial charge is 0.209 e. The van der Waals surface area contributed by atoms with Crippen LogP contribution < -0.4 is 5.32 Å². The van der Waals surface area contributed by atoms with Crippen LogP contribution in [0.3, 0.4) is 0 Å². The molecule has 0 fully saturated rings. The monoisotopic (exact) mass is 273 g/mol. The van der Waals surface area contributed by atoms with Crippen LogP contribution in [0.25, 0.3) is 0 Å². The van der Waals surface area contributed by atoms with Gasteiger partial charge in [-0.2, -0.15) is 0 Å². The van der Waals surface area contributed by atoms with Gasteiger partial charge in [-0.25, -0.2) is 4.68 Å². The van der Waals surface area contributed by atoms with Crippen molar-refractivity contribution in [3.05, 3.63) is 0 Å². The maximum atomic E-state index is 5.52. The second kappa shape index (κ2) is 9.29. The van der Waals surface area contributed by atoms with Crippen molar-refractivity contribution in [1.29, 1.82) is 0 Å². The van der Waals surface area contributed by atoms with Gasteiger partial charge in [0.25, 0.3) is 0 Å². The summed E-state index contributed by atoms with van der Waals surface area (Å²) in [5.74, 6) is 1.47. The van der Waals surface area contributed by atoms with E-state index in [1.165, 1.54) is 0 Å². The quantitative estimate of drug-likeness (QED) is 0.508. The topological polar surface area (TPSA) is 64.9 Å². The third-order valence-corrected chi connectivity index (χ3v) is 3.08. The summed E-state index contributed by atoms with van der Waals surface area (Å²) >= 11 is 1.64. The van der Waals surface area contributed by atoms with E-state index in [4.69, 9.17) is 4.74 Å². The summed E-state index contributed by atoms with van der Waals surface area (Å²) in [6, 6.07) is 0. The van der Waals surface area contributed by atoms with Crippen LogP contribution in [0, 0.1) is 5.92 Å². The molecular formula is C11H23N5OS. The molecular weight excluding hydrogens is 250 g/mol. The molecule has 7 heteroatoms. The van der Waals surface area contributed by atoms with Gasteiger partial charge in [0.15, 0.2) is 0 Å². The lowest BCUT2D eigenvalue weighted by Gasteiger charge is -2.07. The molecule has 0 bridgehead atoms. The summed E-state index contributed by atoms with van der Waals surface area (Å²) in [5, 5.41) is 15.8. The van der Waals surface area contributed by atoms with Crippen molar-refractivity contribution in [2.24, 2.45) is 5.92 Å². The predicted octanol–water partition coefficient (Wildman–Crippen LogP) is 1.05. The largest absolute Gasteiger partial charge is 0.380 e. The summed E-state index contributed by atoms with van der Waals surface area (Å²) in [5.41, 5.74) is 0. The highest BCUT2D eigenvalue weighted by Gasteiger charge is 2.05. The van der Waals surface area contributed by atoms with Crippen molar-refractivity contribution in [3.63, 3.8) is 0 Å². The zero-order valence-electron chi connectivity index (χ0n) is 11.4. The first kappa shape index (κ1) is 15.4. The Morgan fingerprint density at radius 1 is 1.44 bits per heavy atom. The molecule has 0 aliphatic heterocycles. The Bertz CT molecular complexity index is 318. The van der Waals surface area contributed by atoms with Gasteiger partial charge in [0.1, 0.15) is 0 Å². The lowest BCUT2D eigenvalue weighted by atomic mass is 10.2. The first-order valence-electron chi connectivity index (χ1n) is 6.41. The lowest BCUT2D eigenvalue weighted by molar-refractivity contribution is 0.124. The predicted molar refractivity (Wildman–Crippen MR) is 72.7 cm³/mol. The van der Waals surface area contributed by atoms with Crippen molar-refractivity contribution in [3.8, 4) is 0 Å². The van der Waals surface area contributed by atoms with Crippen LogP contribution in [0.4, 0.5) is 0 Å². The number of nitrogens with one attached hydrogen (secondary N) is 1. The van der Waals surface area contributed by atoms with Crippen molar-refractivity contribution in [1.82, 2.24) is 25.5 Å². The van der Waals surface area contributed by atoms with Crippen LogP contribution in [0.15, 0.2) is 5.16 Å². The number of rotatable bonds is 10. The lowest BCUT2D eigenvalue weighted by Crippen LogP contribution is -2.20. The molecule has 1 rings (SSSR count). The average Bonchev–Trinajstić information content (AvgIpc) is 2.76. The Kier molecular flexibility index (Phi) is 7.95. The summed E-state index contributed by atoms with van der Waals surface area (Å²) < 4.78 is 7.35. The minimum atomic E-state index is 0.584. The highest BCUT2D eigenvalue weighted by molar-refractivity contribution is 7.99. The fourth-order valence-electron chi connectivity index (χ4n) is 1.31. The molecule has 6 nitrogen and oxygen atoms in total. The van der Waals surface area contributed by atoms with Crippen LogP contribution in [-0.2, 0) is 11.3 Å². The fraction of sp³-hybridized carbons (Fsp3) is 0.909. The van der Waals surface area contributed by atoms with E-state index in [0.717, 1.165) is 43.8 Å². The first-order valence-corrected chi connectivity index (χ1v) is 7.40. The minimum Gasteiger partial charge on any atom is -0.380 e. The molecule has 0 aliphatic rings. The van der Waals surface area contributed by atoms with Crippen molar-refractivity contribution >= 4 is 11.8 Å². The van der Waals surface area contributed by atoms with E-state index in [-0.39, 0.29) is 0 Å². The zero-order valence-corrected chi connectivity index (χ0v) is 12.2. The second-order valence-corrected chi connectivity index (χ2v) is 5.42. The summed E-state index contributed by atoms with van der Waals surface area (Å²) in [6.07, 6.45) is 0. The molecule has 18 heavy (non-hydrogen) atoms. The third-order valence-electron chi connectivity index (χ3n) is 2.16. The highest BCUT2D eigenvalue weighted by atomic mass is 32.2. The summed E-state index contributed by atoms with van der Waals surface area (Å²) in [4.78, 5) is 0. The molecule has 1 N–H and O–H groups in total. The van der Waals surface area contributed by atoms with Gasteiger partial charge >= 0.3 is 0 Å². The van der Waals surface area contributed by atoms with E-state index in [1.807, 2.05) is 4.68 Å². The molecule has 104 valence electrons. The van der Waals surface area contributed by atoms with Crippen LogP contribution in [0.2, 0.25) is 0 Å². The molecule has 0 aromatic carbocycles. The Labute approximate surface area is 113 Å². The van der Waals surface area contributed by atoms with E-state index < -0.39 is 0 Å². The van der Waals surface area contributed by atoms with Crippen molar-refractivity contribution in [2.75, 3.05) is 32.1 Å². The molecule has 0 unspecified atom stereocenters. The minimum absolute atomic E-state index is 0.584. The molecule has 0 spiro atoms. The van der Waals surface area contributed by atoms with Crippen molar-refractivity contribution in [2.45, 2.75) is 32.5 Å². The van der Waals surface area contributed by atoms with Gasteiger partial charge in [-0.3, -0.25) is 0 Å². The summed E-state index contributed by atoms with van der Waals surface area (Å²) in [7, 11) is 0. The molecule has 0 saturated heterocycles. The molecule has 1 aromatic heterocycles. The van der Waals surface area contributed by atoms with E-state index in [2.05, 4.69) is 41.6 Å². The van der Waals surface area contributed by atoms with Gasteiger partial charge in [0, 0.05) is 18.9 Å². The number of likely N-dealkylation sites (N-methyl/N-ethyl adjacent to an activating group) is 1. The molecule has 1 heterocycles. The second-order valence-electron chi connectivity index (χ2n) is 4.36. The Hall–Kier alpha value is -0.660. The molecule has 0 aliphatic carbocycles. The van der Waals surface area contributed by atoms with Crippen LogP contribution >= 0.6 is 11.8 Å². The molecule has 0 atom stereocenters. The van der Waals surface area contributed by atoms with Gasteiger partial charge in [-0.1, -0.05) is 32.5 Å². The molecule has 0 radical (unpaired) electrons. The van der Waals surface area contributed by atoms with Gasteiger partial charge in [-0.05, 0) is 22.9 Å². The Morgan fingerprint density at radius 3 is 3.00 bits per heavy atom. The van der Waals surface area contributed by atoms with Gasteiger partial charge in [-0.15, -0.1) is 5.10 Å². The maximum Gasteiger partial charge on any atom is 0.209 e. The van der Waals surface area contributed by atoms with Gasteiger partial charge < -0.3 is 10.1 Å². The summed E-state index contributed by atoms with van der Waals surface area (Å²) in [6.45, 7) is 10.6. The number of hydrogen-bond donors (Lipinski definition) is 1. The number of ether oxygens (including phenoxy) is 1. The van der Waals surface area contributed by atoms with Crippen LogP contribution in [-0.4, -0.2) is 52.3 Å². The number of hydrogen-bond acceptors (Lipinski definition) is 6. The van der Waals surface area contributed by atoms with Crippen LogP contribution in [0.1, 0.15) is 20.8 Å². The first-order chi connectivity index (χ1) is 8.74. The number of nitrogens with zero attached hydrogens (tertiary/aromatic N) is 4. The van der Waals surface area contributed by atoms with Crippen molar-refractivity contribution < 1.29 is 4.74 Å². The third kappa shape index (κ3) is 6.32. The maximum absolute atomic E-state index is 5.52. The van der Waals surface area contributed by atoms with E-state index in [0.29, 0.717) is 5.92 Å². The Morgan fingerprint density at radius 2 is 2.28 bits per heavy atom. The fourth-order valence-corrected chi connectivity index (χ4v) is 2.07. The standard InChI is InChI=1S/C11H23N5OS/c1-4-12-5-6-16-11(13-14-15-16)18-8-7-17-9-10(2)3/h10,12H,4-9H2,1-3H3.